The van der Waals surface area contributed by atoms with Gasteiger partial charge >= 0.3 is 0 Å². The van der Waals surface area contributed by atoms with Gasteiger partial charge in [-0.25, -0.2) is 10.4 Å². The Balaban J connectivity index is 1.89. The summed E-state index contributed by atoms with van der Waals surface area (Å²) in [4.78, 5) is 27.3. The number of benzene rings is 2. The van der Waals surface area contributed by atoms with Gasteiger partial charge in [-0.05, 0) is 43.7 Å². The second-order valence-corrected chi connectivity index (χ2v) is 6.17. The molecule has 0 spiro atoms. The molecule has 1 N–H and O–H groups in total. The molecule has 0 saturated carbocycles. The number of ether oxygens (including phenoxy) is 1. The smallest absolute Gasteiger partial charge is 0.272 e. The summed E-state index contributed by atoms with van der Waals surface area (Å²) in [5.41, 5.74) is 5.74. The lowest BCUT2D eigenvalue weighted by atomic mass is 10.1. The van der Waals surface area contributed by atoms with Crippen LogP contribution in [0.3, 0.4) is 0 Å². The summed E-state index contributed by atoms with van der Waals surface area (Å²) in [7, 11) is 1.49. The molecule has 142 valence electrons. The molecule has 0 aliphatic heterocycles. The monoisotopic (exact) mass is 378 g/mol. The summed E-state index contributed by atoms with van der Waals surface area (Å²) < 4.78 is 5.19. The van der Waals surface area contributed by atoms with Gasteiger partial charge in [0.05, 0.1) is 28.8 Å². The van der Waals surface area contributed by atoms with Gasteiger partial charge in [-0.15, -0.1) is 0 Å². The van der Waals surface area contributed by atoms with Gasteiger partial charge in [0, 0.05) is 23.6 Å². The number of fused-ring (bicyclic) bond motifs is 1. The number of methoxy groups -OCH3 is 1. The molecule has 0 saturated heterocycles. The van der Waals surface area contributed by atoms with Crippen LogP contribution >= 0.6 is 0 Å². The van der Waals surface area contributed by atoms with Crippen molar-refractivity contribution in [3.63, 3.8) is 0 Å². The molecule has 1 aromatic heterocycles. The van der Waals surface area contributed by atoms with E-state index in [0.717, 1.165) is 5.56 Å². The Morgan fingerprint density at radius 1 is 1.18 bits per heavy atom. The van der Waals surface area contributed by atoms with E-state index in [1.165, 1.54) is 19.2 Å². The summed E-state index contributed by atoms with van der Waals surface area (Å²) in [5.74, 6) is -0.0739. The van der Waals surface area contributed by atoms with Crippen molar-refractivity contribution >= 4 is 28.2 Å². The highest BCUT2D eigenvalue weighted by Gasteiger charge is 2.14. The fourth-order valence-corrected chi connectivity index (χ4v) is 2.69. The van der Waals surface area contributed by atoms with Gasteiger partial charge < -0.3 is 4.74 Å². The average molecular weight is 378 g/mol. The number of nitro benzene ring substituents is 1. The molecule has 0 radical (unpaired) electrons. The van der Waals surface area contributed by atoms with Crippen molar-refractivity contribution in [1.29, 1.82) is 0 Å². The van der Waals surface area contributed by atoms with Crippen molar-refractivity contribution in [2.45, 2.75) is 13.8 Å². The third kappa shape index (κ3) is 3.96. The Bertz CT molecular complexity index is 1090. The number of pyridine rings is 1. The van der Waals surface area contributed by atoms with Gasteiger partial charge in [-0.2, -0.15) is 5.10 Å². The molecule has 3 aromatic rings. The molecular formula is C20H18N4O4. The maximum atomic E-state index is 12.7. The molecule has 0 bridgehead atoms. The summed E-state index contributed by atoms with van der Waals surface area (Å²) >= 11 is 0. The fraction of sp³-hybridized carbons (Fsp3) is 0.150. The number of non-ortho nitro benzene ring substituents is 1. The van der Waals surface area contributed by atoms with E-state index in [4.69, 9.17) is 4.74 Å². The standard InChI is InChI=1S/C20H18N4O4/c1-12-4-9-18-16(10-12)17(11-19(21-18)28-3)20(25)23-22-13(2)14-5-7-15(8-6-14)24(26)27/h4-11H,1-3H3,(H,23,25). The molecule has 0 unspecified atom stereocenters. The van der Waals surface area contributed by atoms with E-state index < -0.39 is 10.8 Å². The molecule has 1 amide bonds. The first-order valence-electron chi connectivity index (χ1n) is 8.44. The van der Waals surface area contributed by atoms with E-state index in [9.17, 15) is 14.9 Å². The summed E-state index contributed by atoms with van der Waals surface area (Å²) in [5, 5.41) is 15.6. The first-order valence-corrected chi connectivity index (χ1v) is 8.44. The van der Waals surface area contributed by atoms with Crippen LogP contribution in [-0.2, 0) is 0 Å². The van der Waals surface area contributed by atoms with Gasteiger partial charge in [0.25, 0.3) is 11.6 Å². The maximum absolute atomic E-state index is 12.7. The molecule has 8 heteroatoms. The van der Waals surface area contributed by atoms with Gasteiger partial charge in [0.2, 0.25) is 5.88 Å². The number of carbonyl (C=O) groups excluding carboxylic acids is 1. The molecule has 0 fully saturated rings. The highest BCUT2D eigenvalue weighted by atomic mass is 16.6. The number of aromatic nitrogens is 1. The number of hydrogen-bond acceptors (Lipinski definition) is 6. The normalized spacial score (nSPS) is 11.3. The number of nitro groups is 1. The van der Waals surface area contributed by atoms with E-state index in [1.807, 2.05) is 25.1 Å². The summed E-state index contributed by atoms with van der Waals surface area (Å²) in [6.07, 6.45) is 0. The van der Waals surface area contributed by atoms with Crippen LogP contribution in [0, 0.1) is 17.0 Å². The quantitative estimate of drug-likeness (QED) is 0.415. The lowest BCUT2D eigenvalue weighted by molar-refractivity contribution is -0.384. The molecule has 0 aliphatic rings. The van der Waals surface area contributed by atoms with Gasteiger partial charge in [-0.3, -0.25) is 14.9 Å². The van der Waals surface area contributed by atoms with Crippen LogP contribution in [0.15, 0.2) is 53.6 Å². The van der Waals surface area contributed by atoms with Crippen molar-refractivity contribution in [2.24, 2.45) is 5.10 Å². The lowest BCUT2D eigenvalue weighted by Crippen LogP contribution is -2.20. The largest absolute Gasteiger partial charge is 0.481 e. The van der Waals surface area contributed by atoms with Crippen LogP contribution < -0.4 is 10.2 Å². The zero-order valence-corrected chi connectivity index (χ0v) is 15.6. The zero-order chi connectivity index (χ0) is 20.3. The van der Waals surface area contributed by atoms with Crippen molar-refractivity contribution in [2.75, 3.05) is 7.11 Å². The molecule has 3 rings (SSSR count). The van der Waals surface area contributed by atoms with Crippen molar-refractivity contribution in [3.05, 3.63) is 75.3 Å². The van der Waals surface area contributed by atoms with Crippen LogP contribution in [0.1, 0.15) is 28.4 Å². The molecule has 0 atom stereocenters. The molecule has 28 heavy (non-hydrogen) atoms. The highest BCUT2D eigenvalue weighted by Crippen LogP contribution is 2.23. The third-order valence-corrected chi connectivity index (χ3v) is 4.22. The number of rotatable bonds is 5. The lowest BCUT2D eigenvalue weighted by Gasteiger charge is -2.09. The molecular weight excluding hydrogens is 360 g/mol. The first-order chi connectivity index (χ1) is 13.4. The minimum atomic E-state index is -0.470. The summed E-state index contributed by atoms with van der Waals surface area (Å²) in [6.45, 7) is 3.64. The number of nitrogens with one attached hydrogen (secondary N) is 1. The van der Waals surface area contributed by atoms with Crippen molar-refractivity contribution in [3.8, 4) is 5.88 Å². The zero-order valence-electron chi connectivity index (χ0n) is 15.6. The number of nitrogens with zero attached hydrogens (tertiary/aromatic N) is 3. The van der Waals surface area contributed by atoms with Gasteiger partial charge in [0.15, 0.2) is 0 Å². The predicted molar refractivity (Wildman–Crippen MR) is 106 cm³/mol. The predicted octanol–water partition coefficient (Wildman–Crippen LogP) is 3.61. The Morgan fingerprint density at radius 3 is 2.54 bits per heavy atom. The Kier molecular flexibility index (Phi) is 5.30. The number of hydrogen-bond donors (Lipinski definition) is 1. The van der Waals surface area contributed by atoms with Gasteiger partial charge in [0.1, 0.15) is 0 Å². The minimum absolute atomic E-state index is 0.00805. The minimum Gasteiger partial charge on any atom is -0.481 e. The van der Waals surface area contributed by atoms with Crippen molar-refractivity contribution < 1.29 is 14.5 Å². The Labute approximate surface area is 161 Å². The van der Waals surface area contributed by atoms with Crippen LogP contribution in [0.5, 0.6) is 5.88 Å². The second-order valence-electron chi connectivity index (χ2n) is 6.17. The van der Waals surface area contributed by atoms with Crippen LogP contribution in [0.4, 0.5) is 5.69 Å². The van der Waals surface area contributed by atoms with E-state index in [2.05, 4.69) is 15.5 Å². The topological polar surface area (TPSA) is 107 Å². The van der Waals surface area contributed by atoms with E-state index >= 15 is 0 Å². The van der Waals surface area contributed by atoms with Crippen molar-refractivity contribution in [1.82, 2.24) is 10.4 Å². The van der Waals surface area contributed by atoms with Gasteiger partial charge in [-0.1, -0.05) is 11.6 Å². The molecule has 2 aromatic carbocycles. The van der Waals surface area contributed by atoms with E-state index in [-0.39, 0.29) is 5.69 Å². The fourth-order valence-electron chi connectivity index (χ4n) is 2.69. The third-order valence-electron chi connectivity index (χ3n) is 4.22. The van der Waals surface area contributed by atoms with Crippen LogP contribution in [-0.4, -0.2) is 28.6 Å². The molecule has 0 aliphatic carbocycles. The average Bonchev–Trinajstić information content (AvgIpc) is 2.70. The summed E-state index contributed by atoms with van der Waals surface area (Å²) in [6, 6.07) is 13.1. The SMILES string of the molecule is COc1cc(C(=O)NN=C(C)c2ccc([N+](=O)[O-])cc2)c2cc(C)ccc2n1. The number of hydrazone groups is 1. The Hall–Kier alpha value is -3.81. The maximum Gasteiger partial charge on any atom is 0.272 e. The number of carbonyl (C=O) groups is 1. The highest BCUT2D eigenvalue weighted by molar-refractivity contribution is 6.07. The van der Waals surface area contributed by atoms with Crippen LogP contribution in [0.25, 0.3) is 10.9 Å². The molecule has 8 nitrogen and oxygen atoms in total. The van der Waals surface area contributed by atoms with Crippen LogP contribution in [0.2, 0.25) is 0 Å². The van der Waals surface area contributed by atoms with E-state index in [1.54, 1.807) is 25.1 Å². The van der Waals surface area contributed by atoms with E-state index in [0.29, 0.717) is 33.6 Å². The second kappa shape index (κ2) is 7.83. The first kappa shape index (κ1) is 19.0. The Morgan fingerprint density at radius 2 is 1.89 bits per heavy atom. The number of amides is 1. The molecule has 1 heterocycles. The number of aryl methyl sites for hydroxylation is 1.